The molecular formula is C8H7IO3. The standard InChI is InChI=1S/C8H7IO3/c1-6-3-2-4-7(5-6)11-8(10)12-9/h2-5H,1H3. The lowest BCUT2D eigenvalue weighted by atomic mass is 10.2. The van der Waals surface area contributed by atoms with Gasteiger partial charge >= 0.3 is 6.16 Å². The average Bonchev–Trinajstić information content (AvgIpc) is 2.04. The van der Waals surface area contributed by atoms with Crippen LogP contribution in [0.1, 0.15) is 5.56 Å². The molecule has 0 aliphatic heterocycles. The molecule has 0 radical (unpaired) electrons. The van der Waals surface area contributed by atoms with Gasteiger partial charge in [-0.3, -0.25) is 0 Å². The molecule has 0 saturated carbocycles. The minimum Gasteiger partial charge on any atom is -0.394 e. The number of benzene rings is 1. The van der Waals surface area contributed by atoms with Crippen molar-refractivity contribution in [3.63, 3.8) is 0 Å². The second-order valence-corrected chi connectivity index (χ2v) is 2.69. The molecule has 0 fully saturated rings. The van der Waals surface area contributed by atoms with Crippen molar-refractivity contribution >= 4 is 29.2 Å². The van der Waals surface area contributed by atoms with E-state index >= 15 is 0 Å². The smallest absolute Gasteiger partial charge is 0.394 e. The summed E-state index contributed by atoms with van der Waals surface area (Å²) in [6, 6.07) is 7.18. The van der Waals surface area contributed by atoms with Gasteiger partial charge in [0.1, 0.15) is 5.75 Å². The van der Waals surface area contributed by atoms with Crippen LogP contribution in [0, 0.1) is 6.92 Å². The van der Waals surface area contributed by atoms with Crippen LogP contribution in [0.4, 0.5) is 4.79 Å². The van der Waals surface area contributed by atoms with E-state index in [9.17, 15) is 4.79 Å². The van der Waals surface area contributed by atoms with E-state index < -0.39 is 6.16 Å². The molecule has 1 aromatic carbocycles. The fourth-order valence-electron chi connectivity index (χ4n) is 0.791. The second kappa shape index (κ2) is 4.30. The van der Waals surface area contributed by atoms with Crippen LogP contribution in [0.15, 0.2) is 24.3 Å². The van der Waals surface area contributed by atoms with Crippen molar-refractivity contribution in [3.8, 4) is 5.75 Å². The highest BCUT2D eigenvalue weighted by Gasteiger charge is 2.03. The van der Waals surface area contributed by atoms with Gasteiger partial charge in [0, 0.05) is 0 Å². The summed E-state index contributed by atoms with van der Waals surface area (Å²) in [5.41, 5.74) is 1.04. The first-order chi connectivity index (χ1) is 5.72. The Balaban J connectivity index is 2.69. The zero-order valence-electron chi connectivity index (χ0n) is 6.41. The highest BCUT2D eigenvalue weighted by molar-refractivity contribution is 14.1. The van der Waals surface area contributed by atoms with Crippen LogP contribution >= 0.6 is 23.0 Å². The number of hydrogen-bond donors (Lipinski definition) is 0. The summed E-state index contributed by atoms with van der Waals surface area (Å²) < 4.78 is 9.08. The Morgan fingerprint density at radius 3 is 2.83 bits per heavy atom. The van der Waals surface area contributed by atoms with Crippen molar-refractivity contribution < 1.29 is 12.6 Å². The zero-order valence-corrected chi connectivity index (χ0v) is 8.57. The fraction of sp³-hybridized carbons (Fsp3) is 0.125. The first kappa shape index (κ1) is 9.31. The third kappa shape index (κ3) is 2.69. The van der Waals surface area contributed by atoms with Crippen molar-refractivity contribution in [2.75, 3.05) is 0 Å². The highest BCUT2D eigenvalue weighted by atomic mass is 127. The molecule has 0 N–H and O–H groups in total. The predicted molar refractivity (Wildman–Crippen MR) is 52.3 cm³/mol. The van der Waals surface area contributed by atoms with Gasteiger partial charge in [-0.2, -0.15) is 0 Å². The van der Waals surface area contributed by atoms with Crippen molar-refractivity contribution in [2.45, 2.75) is 6.92 Å². The van der Waals surface area contributed by atoms with Gasteiger partial charge in [-0.05, 0) is 24.6 Å². The molecule has 0 aliphatic rings. The lowest BCUT2D eigenvalue weighted by molar-refractivity contribution is 0.167. The lowest BCUT2D eigenvalue weighted by Crippen LogP contribution is -2.04. The summed E-state index contributed by atoms with van der Waals surface area (Å²) in [6.45, 7) is 1.92. The molecule has 1 rings (SSSR count). The first-order valence-corrected chi connectivity index (χ1v) is 4.17. The molecule has 0 amide bonds. The van der Waals surface area contributed by atoms with Crippen LogP contribution in [-0.4, -0.2) is 6.16 Å². The molecule has 1 aromatic rings. The summed E-state index contributed by atoms with van der Waals surface area (Å²) in [6.07, 6.45) is -0.707. The third-order valence-corrected chi connectivity index (χ3v) is 1.61. The van der Waals surface area contributed by atoms with E-state index in [0.717, 1.165) is 5.56 Å². The Morgan fingerprint density at radius 2 is 2.25 bits per heavy atom. The van der Waals surface area contributed by atoms with Crippen molar-refractivity contribution in [2.24, 2.45) is 0 Å². The maximum atomic E-state index is 10.6. The second-order valence-electron chi connectivity index (χ2n) is 2.25. The van der Waals surface area contributed by atoms with Gasteiger partial charge in [-0.15, -0.1) is 0 Å². The van der Waals surface area contributed by atoms with Gasteiger partial charge in [0.15, 0.2) is 23.0 Å². The van der Waals surface area contributed by atoms with Gasteiger partial charge < -0.3 is 7.80 Å². The van der Waals surface area contributed by atoms with E-state index in [1.807, 2.05) is 19.1 Å². The molecule has 12 heavy (non-hydrogen) atoms. The molecule has 0 aliphatic carbocycles. The van der Waals surface area contributed by atoms with E-state index in [1.54, 1.807) is 12.1 Å². The normalized spacial score (nSPS) is 9.17. The number of aryl methyl sites for hydroxylation is 1. The SMILES string of the molecule is Cc1cccc(OC(=O)OI)c1. The fourth-order valence-corrected chi connectivity index (χ4v) is 0.881. The monoisotopic (exact) mass is 278 g/mol. The van der Waals surface area contributed by atoms with Gasteiger partial charge in [-0.25, -0.2) is 4.79 Å². The molecule has 0 heterocycles. The van der Waals surface area contributed by atoms with Crippen LogP contribution in [-0.2, 0) is 3.07 Å². The Kier molecular flexibility index (Phi) is 3.33. The number of ether oxygens (including phenoxy) is 1. The summed E-state index contributed by atoms with van der Waals surface area (Å²) in [5.74, 6) is 0.497. The van der Waals surface area contributed by atoms with Crippen molar-refractivity contribution in [3.05, 3.63) is 29.8 Å². The van der Waals surface area contributed by atoms with Crippen molar-refractivity contribution in [1.29, 1.82) is 0 Å². The summed E-state index contributed by atoms with van der Waals surface area (Å²) in [5, 5.41) is 0. The van der Waals surface area contributed by atoms with E-state index in [1.165, 1.54) is 23.0 Å². The quantitative estimate of drug-likeness (QED) is 0.450. The number of rotatable bonds is 1. The molecule has 0 spiro atoms. The maximum Gasteiger partial charge on any atom is 0.523 e. The van der Waals surface area contributed by atoms with E-state index in [0.29, 0.717) is 5.75 Å². The minimum atomic E-state index is -0.707. The van der Waals surface area contributed by atoms with E-state index in [-0.39, 0.29) is 0 Å². The number of carbonyl (C=O) groups is 1. The molecule has 0 saturated heterocycles. The zero-order chi connectivity index (χ0) is 8.97. The molecule has 4 heteroatoms. The highest BCUT2D eigenvalue weighted by Crippen LogP contribution is 2.13. The summed E-state index contributed by atoms with van der Waals surface area (Å²) in [4.78, 5) is 10.6. The van der Waals surface area contributed by atoms with E-state index in [2.05, 4.69) is 3.07 Å². The van der Waals surface area contributed by atoms with Crippen LogP contribution in [0.5, 0.6) is 5.75 Å². The van der Waals surface area contributed by atoms with E-state index in [4.69, 9.17) is 4.74 Å². The molecule has 3 nitrogen and oxygen atoms in total. The first-order valence-electron chi connectivity index (χ1n) is 3.29. The van der Waals surface area contributed by atoms with Crippen LogP contribution in [0.25, 0.3) is 0 Å². The Bertz CT molecular complexity index is 285. The van der Waals surface area contributed by atoms with Gasteiger partial charge in [-0.1, -0.05) is 12.1 Å². The largest absolute Gasteiger partial charge is 0.523 e. The number of hydrogen-bond acceptors (Lipinski definition) is 3. The molecule has 0 atom stereocenters. The number of carbonyl (C=O) groups excluding carboxylic acids is 1. The molecule has 0 aromatic heterocycles. The van der Waals surface area contributed by atoms with Gasteiger partial charge in [0.2, 0.25) is 0 Å². The Labute approximate surface area is 84.4 Å². The van der Waals surface area contributed by atoms with Crippen LogP contribution < -0.4 is 4.74 Å². The predicted octanol–water partition coefficient (Wildman–Crippen LogP) is 2.86. The summed E-state index contributed by atoms with van der Waals surface area (Å²) >= 11 is 1.47. The molecule has 64 valence electrons. The third-order valence-electron chi connectivity index (χ3n) is 1.25. The average molecular weight is 278 g/mol. The molecule has 0 bridgehead atoms. The number of halogens is 1. The minimum absolute atomic E-state index is 0.497. The van der Waals surface area contributed by atoms with Gasteiger partial charge in [0.05, 0.1) is 0 Å². The molecular weight excluding hydrogens is 271 g/mol. The Hall–Kier alpha value is -0.780. The van der Waals surface area contributed by atoms with Crippen LogP contribution in [0.2, 0.25) is 0 Å². The van der Waals surface area contributed by atoms with Crippen LogP contribution in [0.3, 0.4) is 0 Å². The van der Waals surface area contributed by atoms with Gasteiger partial charge in [0.25, 0.3) is 0 Å². The van der Waals surface area contributed by atoms with Crippen molar-refractivity contribution in [1.82, 2.24) is 0 Å². The maximum absolute atomic E-state index is 10.6. The summed E-state index contributed by atoms with van der Waals surface area (Å²) in [7, 11) is 0. The Morgan fingerprint density at radius 1 is 1.50 bits per heavy atom. The lowest BCUT2D eigenvalue weighted by Gasteiger charge is -2.00. The topological polar surface area (TPSA) is 35.5 Å². The molecule has 0 unspecified atom stereocenters.